The molecule has 1 aliphatic heterocycles. The van der Waals surface area contributed by atoms with Gasteiger partial charge in [-0.25, -0.2) is 14.4 Å². The molecule has 0 aliphatic carbocycles. The molecule has 0 spiro atoms. The molecule has 0 bridgehead atoms. The van der Waals surface area contributed by atoms with Crippen molar-refractivity contribution in [1.29, 1.82) is 0 Å². The normalized spacial score (nSPS) is 14.8. The van der Waals surface area contributed by atoms with Crippen molar-refractivity contribution in [2.75, 3.05) is 10.4 Å². The van der Waals surface area contributed by atoms with Crippen LogP contribution in [-0.4, -0.2) is 27.3 Å². The lowest BCUT2D eigenvalue weighted by molar-refractivity contribution is -0.112. The lowest BCUT2D eigenvalue weighted by Crippen LogP contribution is -2.28. The van der Waals surface area contributed by atoms with Crippen LogP contribution in [0.5, 0.6) is 0 Å². The van der Waals surface area contributed by atoms with E-state index in [1.807, 2.05) is 49.6 Å². The van der Waals surface area contributed by atoms with E-state index in [4.69, 9.17) is 0 Å². The van der Waals surface area contributed by atoms with Crippen molar-refractivity contribution in [3.05, 3.63) is 81.9 Å². The van der Waals surface area contributed by atoms with E-state index in [1.54, 1.807) is 12.1 Å². The molecule has 1 aliphatic rings. The van der Waals surface area contributed by atoms with E-state index in [2.05, 4.69) is 25.6 Å². The molecule has 5 rings (SSSR count). The molecule has 10 heteroatoms. The van der Waals surface area contributed by atoms with Gasteiger partial charge in [-0.05, 0) is 38.1 Å². The second-order valence-electron chi connectivity index (χ2n) is 7.19. The zero-order valence-corrected chi connectivity index (χ0v) is 19.2. The molecule has 2 aromatic heterocycles. The molecule has 164 valence electrons. The highest BCUT2D eigenvalue weighted by molar-refractivity contribution is 7.15. The minimum absolute atomic E-state index is 0.172. The van der Waals surface area contributed by atoms with Crippen LogP contribution in [0.2, 0.25) is 0 Å². The summed E-state index contributed by atoms with van der Waals surface area (Å²) in [5.41, 5.74) is 6.57. The highest BCUT2D eigenvalue weighted by Gasteiger charge is 2.35. The van der Waals surface area contributed by atoms with Gasteiger partial charge in [0.2, 0.25) is 10.3 Å². The number of nitrogens with one attached hydrogen (secondary N) is 1. The second-order valence-corrected chi connectivity index (χ2v) is 9.23. The Morgan fingerprint density at radius 1 is 1.00 bits per heavy atom. The van der Waals surface area contributed by atoms with Crippen molar-refractivity contribution in [3.63, 3.8) is 0 Å². The number of carbonyl (C=O) groups excluding carboxylic acids is 1. The molecule has 0 saturated heterocycles. The van der Waals surface area contributed by atoms with E-state index < -0.39 is 5.91 Å². The minimum atomic E-state index is -0.397. The van der Waals surface area contributed by atoms with E-state index >= 15 is 0 Å². The van der Waals surface area contributed by atoms with Crippen LogP contribution in [0, 0.1) is 19.7 Å². The highest BCUT2D eigenvalue weighted by atomic mass is 32.1. The Labute approximate surface area is 197 Å². The maximum atomic E-state index is 13.3. The van der Waals surface area contributed by atoms with Gasteiger partial charge in [0.05, 0.1) is 11.4 Å². The first-order valence-electron chi connectivity index (χ1n) is 9.97. The molecular weight excluding hydrogens is 459 g/mol. The Hall–Kier alpha value is -3.76. The smallest absolute Gasteiger partial charge is 0.265 e. The summed E-state index contributed by atoms with van der Waals surface area (Å²) in [5, 5.41) is 13.0. The van der Waals surface area contributed by atoms with E-state index in [0.29, 0.717) is 21.7 Å². The quantitative estimate of drug-likeness (QED) is 0.399. The zero-order valence-electron chi connectivity index (χ0n) is 17.6. The molecule has 4 aromatic rings. The van der Waals surface area contributed by atoms with Crippen LogP contribution in [0.25, 0.3) is 11.3 Å². The van der Waals surface area contributed by atoms with Gasteiger partial charge in [0.1, 0.15) is 11.5 Å². The molecule has 33 heavy (non-hydrogen) atoms. The number of hydrogen-bond acceptors (Lipinski definition) is 8. The average molecular weight is 477 g/mol. The van der Waals surface area contributed by atoms with Crippen LogP contribution in [0.1, 0.15) is 16.1 Å². The fourth-order valence-electron chi connectivity index (χ4n) is 3.15. The summed E-state index contributed by atoms with van der Waals surface area (Å²) >= 11 is 2.74. The van der Waals surface area contributed by atoms with Gasteiger partial charge in [-0.1, -0.05) is 30.3 Å². The fraction of sp³-hybridized carbons (Fsp3) is 0.0870. The van der Waals surface area contributed by atoms with Crippen LogP contribution < -0.4 is 10.4 Å². The van der Waals surface area contributed by atoms with Gasteiger partial charge in [0, 0.05) is 21.4 Å². The molecule has 7 nitrogen and oxygen atoms in total. The lowest BCUT2D eigenvalue weighted by atomic mass is 10.1. The summed E-state index contributed by atoms with van der Waals surface area (Å²) in [4.78, 5) is 23.3. The van der Waals surface area contributed by atoms with E-state index in [1.165, 1.54) is 39.8 Å². The van der Waals surface area contributed by atoms with Crippen molar-refractivity contribution >= 4 is 50.3 Å². The largest absolute Gasteiger partial charge is 0.303 e. The number of hydrazone groups is 2. The third kappa shape index (κ3) is 4.18. The van der Waals surface area contributed by atoms with Crippen molar-refractivity contribution in [2.24, 2.45) is 10.2 Å². The molecule has 0 unspecified atom stereocenters. The molecule has 0 saturated carbocycles. The maximum absolute atomic E-state index is 13.3. The Morgan fingerprint density at radius 3 is 2.45 bits per heavy atom. The predicted octanol–water partition coefficient (Wildman–Crippen LogP) is 5.24. The number of aryl methyl sites for hydroxylation is 2. The molecular formula is C23H17FN6OS2. The van der Waals surface area contributed by atoms with Crippen LogP contribution in [0.3, 0.4) is 0 Å². The number of anilines is 2. The van der Waals surface area contributed by atoms with Gasteiger partial charge in [-0.3, -0.25) is 10.2 Å². The van der Waals surface area contributed by atoms with Gasteiger partial charge >= 0.3 is 5.91 Å². The monoisotopic (exact) mass is 476 g/mol. The van der Waals surface area contributed by atoms with Crippen LogP contribution in [0.4, 0.5) is 14.7 Å². The van der Waals surface area contributed by atoms with Gasteiger partial charge < -0.3 is 0 Å². The number of nitrogens with zero attached hydrogens (tertiary/aromatic N) is 5. The lowest BCUT2D eigenvalue weighted by Gasteiger charge is -2.06. The van der Waals surface area contributed by atoms with Crippen LogP contribution in [-0.2, 0) is 4.79 Å². The SMILES string of the molecule is Cc1nc(N/N=C2\C(=O)N(c3nc(-c4ccc(F)cc4)cs3)N=C2c2ccccc2)sc1C. The van der Waals surface area contributed by atoms with Crippen molar-refractivity contribution in [3.8, 4) is 11.3 Å². The van der Waals surface area contributed by atoms with Crippen LogP contribution in [0.15, 0.2) is 70.2 Å². The third-order valence-corrected chi connectivity index (χ3v) is 6.77. The highest BCUT2D eigenvalue weighted by Crippen LogP contribution is 2.30. The number of hydrogen-bond donors (Lipinski definition) is 1. The van der Waals surface area contributed by atoms with E-state index in [-0.39, 0.29) is 11.5 Å². The molecule has 3 heterocycles. The van der Waals surface area contributed by atoms with Crippen LogP contribution >= 0.6 is 22.7 Å². The van der Waals surface area contributed by atoms with Crippen molar-refractivity contribution in [1.82, 2.24) is 9.97 Å². The molecule has 0 radical (unpaired) electrons. The number of rotatable bonds is 5. The van der Waals surface area contributed by atoms with Crippen molar-refractivity contribution < 1.29 is 9.18 Å². The number of halogens is 1. The number of amides is 1. The Bertz CT molecular complexity index is 1370. The Morgan fingerprint density at radius 2 is 1.76 bits per heavy atom. The molecule has 0 atom stereocenters. The Balaban J connectivity index is 1.50. The van der Waals surface area contributed by atoms with Gasteiger partial charge in [-0.15, -0.1) is 22.7 Å². The van der Waals surface area contributed by atoms with Gasteiger partial charge in [-0.2, -0.15) is 15.2 Å². The number of carbonyl (C=O) groups is 1. The summed E-state index contributed by atoms with van der Waals surface area (Å²) in [6.45, 7) is 3.90. The average Bonchev–Trinajstić information content (AvgIpc) is 3.51. The Kier molecular flexibility index (Phi) is 5.53. The topological polar surface area (TPSA) is 82.8 Å². The van der Waals surface area contributed by atoms with Crippen molar-refractivity contribution in [2.45, 2.75) is 13.8 Å². The fourth-order valence-corrected chi connectivity index (χ4v) is 4.69. The maximum Gasteiger partial charge on any atom is 0.303 e. The molecule has 1 N–H and O–H groups in total. The third-order valence-electron chi connectivity index (χ3n) is 4.97. The minimum Gasteiger partial charge on any atom is -0.265 e. The van der Waals surface area contributed by atoms with E-state index in [0.717, 1.165) is 21.7 Å². The first-order chi connectivity index (χ1) is 16.0. The van der Waals surface area contributed by atoms with Gasteiger partial charge in [0.15, 0.2) is 5.71 Å². The summed E-state index contributed by atoms with van der Waals surface area (Å²) in [6, 6.07) is 15.4. The number of aromatic nitrogens is 2. The molecule has 2 aromatic carbocycles. The summed E-state index contributed by atoms with van der Waals surface area (Å²) < 4.78 is 13.3. The van der Waals surface area contributed by atoms with Gasteiger partial charge in [0.25, 0.3) is 0 Å². The second kappa shape index (κ2) is 8.64. The first kappa shape index (κ1) is 21.1. The first-order valence-corrected chi connectivity index (χ1v) is 11.7. The molecule has 1 amide bonds. The predicted molar refractivity (Wildman–Crippen MR) is 131 cm³/mol. The summed E-state index contributed by atoms with van der Waals surface area (Å²) in [6.07, 6.45) is 0. The zero-order chi connectivity index (χ0) is 22.9. The standard InChI is InChI=1S/C23H17FN6OS2/c1-13-14(2)33-22(25-13)28-27-20-19(16-6-4-3-5-7-16)29-30(21(20)31)23-26-18(12-32-23)15-8-10-17(24)11-9-15/h3-12H,1-2H3,(H,25,28)/b27-20-. The number of thiazole rings is 2. The molecule has 0 fully saturated rings. The number of benzene rings is 2. The summed E-state index contributed by atoms with van der Waals surface area (Å²) in [5.74, 6) is -0.716. The van der Waals surface area contributed by atoms with E-state index in [9.17, 15) is 9.18 Å². The summed E-state index contributed by atoms with van der Waals surface area (Å²) in [7, 11) is 0.